The van der Waals surface area contributed by atoms with Crippen molar-refractivity contribution in [2.45, 2.75) is 6.92 Å². The van der Waals surface area contributed by atoms with Crippen LogP contribution in [0.15, 0.2) is 53.3 Å². The molecule has 0 aliphatic heterocycles. The average molecular weight is 311 g/mol. The number of nitrogens with one attached hydrogen (secondary N) is 1. The molecule has 1 aromatic carbocycles. The largest absolute Gasteiger partial charge is 0.437 e. The van der Waals surface area contributed by atoms with Gasteiger partial charge in [0.05, 0.1) is 18.1 Å². The quantitative estimate of drug-likeness (QED) is 0.577. The van der Waals surface area contributed by atoms with Crippen molar-refractivity contribution in [2.24, 2.45) is 5.10 Å². The SMILES string of the molecule is Cc1csc(NN=Cc2cccc(Oc3cnccn3)c2)n1. The molecule has 0 spiro atoms. The van der Waals surface area contributed by atoms with Crippen LogP contribution in [0.3, 0.4) is 0 Å². The van der Waals surface area contributed by atoms with E-state index in [0.717, 1.165) is 16.4 Å². The lowest BCUT2D eigenvalue weighted by Gasteiger charge is -2.04. The monoisotopic (exact) mass is 311 g/mol. The van der Waals surface area contributed by atoms with E-state index in [2.05, 4.69) is 25.5 Å². The minimum absolute atomic E-state index is 0.452. The van der Waals surface area contributed by atoms with Crippen LogP contribution >= 0.6 is 11.3 Å². The third-order valence-corrected chi connectivity index (χ3v) is 3.48. The summed E-state index contributed by atoms with van der Waals surface area (Å²) in [7, 11) is 0. The number of ether oxygens (including phenoxy) is 1. The molecule has 2 aromatic heterocycles. The Morgan fingerprint density at radius 3 is 3.05 bits per heavy atom. The second-order valence-corrected chi connectivity index (χ2v) is 5.24. The van der Waals surface area contributed by atoms with E-state index < -0.39 is 0 Å². The first-order chi connectivity index (χ1) is 10.8. The second kappa shape index (κ2) is 6.77. The van der Waals surface area contributed by atoms with Crippen molar-refractivity contribution in [3.8, 4) is 11.6 Å². The van der Waals surface area contributed by atoms with Gasteiger partial charge in [-0.3, -0.25) is 10.4 Å². The summed E-state index contributed by atoms with van der Waals surface area (Å²) in [6.45, 7) is 1.94. The summed E-state index contributed by atoms with van der Waals surface area (Å²) in [4.78, 5) is 12.3. The van der Waals surface area contributed by atoms with Gasteiger partial charge in [-0.1, -0.05) is 12.1 Å². The highest BCUT2D eigenvalue weighted by Gasteiger charge is 1.99. The first kappa shape index (κ1) is 14.2. The van der Waals surface area contributed by atoms with Crippen molar-refractivity contribution in [3.05, 3.63) is 59.5 Å². The molecule has 2 heterocycles. The first-order valence-electron chi connectivity index (χ1n) is 6.55. The second-order valence-electron chi connectivity index (χ2n) is 4.38. The molecule has 0 amide bonds. The van der Waals surface area contributed by atoms with E-state index in [9.17, 15) is 0 Å². The minimum atomic E-state index is 0.452. The molecule has 0 aliphatic carbocycles. The predicted octanol–water partition coefficient (Wildman–Crippen LogP) is 3.48. The lowest BCUT2D eigenvalue weighted by molar-refractivity contribution is 0.460. The molecule has 0 fully saturated rings. The number of aryl methyl sites for hydroxylation is 1. The van der Waals surface area contributed by atoms with Gasteiger partial charge >= 0.3 is 0 Å². The topological polar surface area (TPSA) is 72.3 Å². The van der Waals surface area contributed by atoms with Crippen LogP contribution < -0.4 is 10.2 Å². The molecule has 0 saturated carbocycles. The average Bonchev–Trinajstić information content (AvgIpc) is 2.94. The van der Waals surface area contributed by atoms with Crippen molar-refractivity contribution < 1.29 is 4.74 Å². The molecule has 1 N–H and O–H groups in total. The van der Waals surface area contributed by atoms with Crippen LogP contribution in [0.1, 0.15) is 11.3 Å². The Morgan fingerprint density at radius 1 is 1.32 bits per heavy atom. The first-order valence-corrected chi connectivity index (χ1v) is 7.43. The van der Waals surface area contributed by atoms with Gasteiger partial charge in [0.2, 0.25) is 11.0 Å². The van der Waals surface area contributed by atoms with Gasteiger partial charge in [-0.2, -0.15) is 5.10 Å². The Labute approximate surface area is 131 Å². The summed E-state index contributed by atoms with van der Waals surface area (Å²) >= 11 is 1.51. The Bertz CT molecular complexity index is 772. The zero-order chi connectivity index (χ0) is 15.2. The maximum Gasteiger partial charge on any atom is 0.237 e. The Kier molecular flexibility index (Phi) is 4.35. The number of thiazole rings is 1. The normalized spacial score (nSPS) is 10.8. The van der Waals surface area contributed by atoms with Crippen molar-refractivity contribution in [1.82, 2.24) is 15.0 Å². The fourth-order valence-corrected chi connectivity index (χ4v) is 2.32. The van der Waals surface area contributed by atoms with Gasteiger partial charge in [-0.05, 0) is 24.6 Å². The fourth-order valence-electron chi connectivity index (χ4n) is 1.68. The predicted molar refractivity (Wildman–Crippen MR) is 86.6 cm³/mol. The van der Waals surface area contributed by atoms with E-state index in [1.54, 1.807) is 24.8 Å². The maximum atomic E-state index is 5.62. The Balaban J connectivity index is 1.66. The summed E-state index contributed by atoms with van der Waals surface area (Å²) in [6.07, 6.45) is 6.45. The zero-order valence-corrected chi connectivity index (χ0v) is 12.6. The summed E-state index contributed by atoms with van der Waals surface area (Å²) in [5.41, 5.74) is 4.78. The maximum absolute atomic E-state index is 5.62. The molecule has 0 radical (unpaired) electrons. The lowest BCUT2D eigenvalue weighted by Crippen LogP contribution is -1.92. The summed E-state index contributed by atoms with van der Waals surface area (Å²) in [5.74, 6) is 1.13. The van der Waals surface area contributed by atoms with Crippen LogP contribution in [0.5, 0.6) is 11.6 Å². The van der Waals surface area contributed by atoms with E-state index in [-0.39, 0.29) is 0 Å². The number of hydrazone groups is 1. The third-order valence-electron chi connectivity index (χ3n) is 2.61. The van der Waals surface area contributed by atoms with Crippen molar-refractivity contribution >= 4 is 22.7 Å². The number of nitrogens with zero attached hydrogens (tertiary/aromatic N) is 4. The van der Waals surface area contributed by atoms with Gasteiger partial charge < -0.3 is 4.74 Å². The van der Waals surface area contributed by atoms with E-state index in [1.807, 2.05) is 36.6 Å². The molecular weight excluding hydrogens is 298 g/mol. The van der Waals surface area contributed by atoms with E-state index in [4.69, 9.17) is 4.74 Å². The molecule has 0 bridgehead atoms. The summed E-state index contributed by atoms with van der Waals surface area (Å²) < 4.78 is 5.62. The van der Waals surface area contributed by atoms with E-state index in [1.165, 1.54) is 11.3 Å². The van der Waals surface area contributed by atoms with Gasteiger partial charge in [0.1, 0.15) is 5.75 Å². The molecule has 22 heavy (non-hydrogen) atoms. The molecular formula is C15H13N5OS. The number of benzene rings is 1. The molecule has 110 valence electrons. The smallest absolute Gasteiger partial charge is 0.237 e. The fraction of sp³-hybridized carbons (Fsp3) is 0.0667. The molecule has 6 nitrogen and oxygen atoms in total. The Hall–Kier alpha value is -2.80. The van der Waals surface area contributed by atoms with Crippen molar-refractivity contribution in [3.63, 3.8) is 0 Å². The highest BCUT2D eigenvalue weighted by atomic mass is 32.1. The molecule has 0 atom stereocenters. The highest BCUT2D eigenvalue weighted by molar-refractivity contribution is 7.13. The third kappa shape index (κ3) is 3.86. The van der Waals surface area contributed by atoms with Crippen molar-refractivity contribution in [1.29, 1.82) is 0 Å². The summed E-state index contributed by atoms with van der Waals surface area (Å²) in [5, 5.41) is 6.89. The minimum Gasteiger partial charge on any atom is -0.437 e. The van der Waals surface area contributed by atoms with Gasteiger partial charge in [0.25, 0.3) is 0 Å². The standard InChI is InChI=1S/C15H13N5OS/c1-11-10-22-15(19-11)20-18-8-12-3-2-4-13(7-12)21-14-9-16-5-6-17-14/h2-10H,1H3,(H,19,20). The Morgan fingerprint density at radius 2 is 2.27 bits per heavy atom. The van der Waals surface area contributed by atoms with Gasteiger partial charge in [0, 0.05) is 17.8 Å². The summed E-state index contributed by atoms with van der Waals surface area (Å²) in [6, 6.07) is 7.54. The number of aromatic nitrogens is 3. The zero-order valence-electron chi connectivity index (χ0n) is 11.8. The van der Waals surface area contributed by atoms with Gasteiger partial charge in [-0.15, -0.1) is 11.3 Å². The molecule has 0 unspecified atom stereocenters. The van der Waals surface area contributed by atoms with Crippen LogP contribution in [0, 0.1) is 6.92 Å². The lowest BCUT2D eigenvalue weighted by atomic mass is 10.2. The molecule has 7 heteroatoms. The van der Waals surface area contributed by atoms with Crippen LogP contribution in [-0.2, 0) is 0 Å². The van der Waals surface area contributed by atoms with Crippen LogP contribution in [-0.4, -0.2) is 21.2 Å². The molecule has 0 saturated heterocycles. The highest BCUT2D eigenvalue weighted by Crippen LogP contribution is 2.19. The molecule has 3 rings (SSSR count). The van der Waals surface area contributed by atoms with Crippen LogP contribution in [0.25, 0.3) is 0 Å². The van der Waals surface area contributed by atoms with Gasteiger partial charge in [0.15, 0.2) is 0 Å². The van der Waals surface area contributed by atoms with E-state index >= 15 is 0 Å². The number of hydrogen-bond donors (Lipinski definition) is 1. The van der Waals surface area contributed by atoms with Crippen LogP contribution in [0.2, 0.25) is 0 Å². The number of hydrogen-bond acceptors (Lipinski definition) is 7. The van der Waals surface area contributed by atoms with Crippen molar-refractivity contribution in [2.75, 3.05) is 5.43 Å². The molecule has 3 aromatic rings. The van der Waals surface area contributed by atoms with E-state index in [0.29, 0.717) is 11.6 Å². The number of anilines is 1. The number of rotatable bonds is 5. The molecule has 0 aliphatic rings. The van der Waals surface area contributed by atoms with Crippen LogP contribution in [0.4, 0.5) is 5.13 Å². The van der Waals surface area contributed by atoms with Gasteiger partial charge in [-0.25, -0.2) is 9.97 Å².